The number of nitrogens with one attached hydrogen (secondary N) is 1. The number of rotatable bonds is 3. The number of amides is 1. The molecule has 0 radical (unpaired) electrons. The van der Waals surface area contributed by atoms with Crippen LogP contribution in [0.3, 0.4) is 0 Å². The topological polar surface area (TPSA) is 59.8 Å². The third kappa shape index (κ3) is 3.10. The SMILES string of the molecule is CC(C)n1nnc2cc(C(=O)Nc3ccc(Br)cc3F)ccc21. The van der Waals surface area contributed by atoms with Crippen molar-refractivity contribution in [3.63, 3.8) is 0 Å². The van der Waals surface area contributed by atoms with Crippen LogP contribution in [0.5, 0.6) is 0 Å². The first-order chi connectivity index (χ1) is 11.0. The van der Waals surface area contributed by atoms with Crippen molar-refractivity contribution in [3.8, 4) is 0 Å². The van der Waals surface area contributed by atoms with Crippen LogP contribution in [0.1, 0.15) is 30.2 Å². The molecule has 1 heterocycles. The van der Waals surface area contributed by atoms with Crippen molar-refractivity contribution < 1.29 is 9.18 Å². The van der Waals surface area contributed by atoms with Crippen LogP contribution < -0.4 is 5.32 Å². The molecule has 0 aliphatic carbocycles. The summed E-state index contributed by atoms with van der Waals surface area (Å²) in [6.45, 7) is 4.01. The Morgan fingerprint density at radius 1 is 1.26 bits per heavy atom. The van der Waals surface area contributed by atoms with Gasteiger partial charge < -0.3 is 5.32 Å². The highest BCUT2D eigenvalue weighted by atomic mass is 79.9. The van der Waals surface area contributed by atoms with Gasteiger partial charge in [0.05, 0.1) is 11.2 Å². The molecule has 0 spiro atoms. The molecule has 0 aliphatic heterocycles. The first-order valence-electron chi connectivity index (χ1n) is 7.07. The van der Waals surface area contributed by atoms with Gasteiger partial charge in [0.1, 0.15) is 11.3 Å². The first kappa shape index (κ1) is 15.6. The number of anilines is 1. The first-order valence-corrected chi connectivity index (χ1v) is 7.86. The predicted molar refractivity (Wildman–Crippen MR) is 90.0 cm³/mol. The Morgan fingerprint density at radius 2 is 2.04 bits per heavy atom. The Morgan fingerprint density at radius 3 is 2.74 bits per heavy atom. The lowest BCUT2D eigenvalue weighted by Crippen LogP contribution is -2.13. The van der Waals surface area contributed by atoms with E-state index >= 15 is 0 Å². The smallest absolute Gasteiger partial charge is 0.255 e. The van der Waals surface area contributed by atoms with Crippen molar-refractivity contribution in [2.24, 2.45) is 0 Å². The Bertz CT molecular complexity index is 891. The molecule has 7 heteroatoms. The van der Waals surface area contributed by atoms with Crippen molar-refractivity contribution in [1.82, 2.24) is 15.0 Å². The average molecular weight is 377 g/mol. The summed E-state index contributed by atoms with van der Waals surface area (Å²) in [6, 6.07) is 9.76. The van der Waals surface area contributed by atoms with Gasteiger partial charge in [-0.05, 0) is 50.2 Å². The Hall–Kier alpha value is -2.28. The maximum atomic E-state index is 13.8. The summed E-state index contributed by atoms with van der Waals surface area (Å²) >= 11 is 3.18. The second-order valence-corrected chi connectivity index (χ2v) is 6.33. The van der Waals surface area contributed by atoms with E-state index in [1.54, 1.807) is 28.9 Å². The summed E-state index contributed by atoms with van der Waals surface area (Å²) in [5.41, 5.74) is 2.01. The van der Waals surface area contributed by atoms with Crippen molar-refractivity contribution in [3.05, 3.63) is 52.3 Å². The van der Waals surface area contributed by atoms with Gasteiger partial charge in [0, 0.05) is 16.1 Å². The fourth-order valence-corrected chi connectivity index (χ4v) is 2.58. The Labute approximate surface area is 140 Å². The molecule has 1 N–H and O–H groups in total. The molecule has 1 aromatic heterocycles. The Balaban J connectivity index is 1.89. The standard InChI is InChI=1S/C16H14BrFN4O/c1-9(2)22-15-6-3-10(7-14(15)20-21-22)16(23)19-13-5-4-11(17)8-12(13)18/h3-9H,1-2H3,(H,19,23). The minimum atomic E-state index is -0.500. The fraction of sp³-hybridized carbons (Fsp3) is 0.188. The maximum absolute atomic E-state index is 13.8. The second kappa shape index (κ2) is 6.08. The summed E-state index contributed by atoms with van der Waals surface area (Å²) in [7, 11) is 0. The van der Waals surface area contributed by atoms with Crippen LogP contribution in [0.4, 0.5) is 10.1 Å². The van der Waals surface area contributed by atoms with Crippen molar-refractivity contribution in [2.75, 3.05) is 5.32 Å². The highest BCUT2D eigenvalue weighted by molar-refractivity contribution is 9.10. The van der Waals surface area contributed by atoms with Crippen LogP contribution in [0, 0.1) is 5.82 Å². The molecular weight excluding hydrogens is 363 g/mol. The molecule has 0 atom stereocenters. The third-order valence-electron chi connectivity index (χ3n) is 3.40. The summed E-state index contributed by atoms with van der Waals surface area (Å²) in [6.07, 6.45) is 0. The van der Waals surface area contributed by atoms with E-state index in [1.807, 2.05) is 13.8 Å². The number of hydrogen-bond acceptors (Lipinski definition) is 3. The van der Waals surface area contributed by atoms with E-state index < -0.39 is 11.7 Å². The van der Waals surface area contributed by atoms with Gasteiger partial charge in [-0.25, -0.2) is 9.07 Å². The lowest BCUT2D eigenvalue weighted by Gasteiger charge is -2.08. The van der Waals surface area contributed by atoms with Gasteiger partial charge in [0.15, 0.2) is 0 Å². The van der Waals surface area contributed by atoms with Gasteiger partial charge in [-0.2, -0.15) is 0 Å². The molecule has 0 bridgehead atoms. The number of benzene rings is 2. The number of carbonyl (C=O) groups is 1. The molecule has 5 nitrogen and oxygen atoms in total. The van der Waals surface area contributed by atoms with E-state index in [9.17, 15) is 9.18 Å². The lowest BCUT2D eigenvalue weighted by atomic mass is 10.1. The van der Waals surface area contributed by atoms with Crippen LogP contribution >= 0.6 is 15.9 Å². The van der Waals surface area contributed by atoms with Crippen molar-refractivity contribution >= 4 is 38.6 Å². The molecule has 3 rings (SSSR count). The van der Waals surface area contributed by atoms with Gasteiger partial charge in [-0.1, -0.05) is 21.1 Å². The summed E-state index contributed by atoms with van der Waals surface area (Å²) in [5.74, 6) is -0.897. The largest absolute Gasteiger partial charge is 0.319 e. The fourth-order valence-electron chi connectivity index (χ4n) is 2.25. The van der Waals surface area contributed by atoms with Crippen molar-refractivity contribution in [1.29, 1.82) is 0 Å². The van der Waals surface area contributed by atoms with Crippen LogP contribution in [-0.2, 0) is 0 Å². The van der Waals surface area contributed by atoms with E-state index in [4.69, 9.17) is 0 Å². The van der Waals surface area contributed by atoms with Gasteiger partial charge >= 0.3 is 0 Å². The van der Waals surface area contributed by atoms with Crippen LogP contribution in [0.15, 0.2) is 40.9 Å². The third-order valence-corrected chi connectivity index (χ3v) is 3.89. The molecule has 0 saturated heterocycles. The van der Waals surface area contributed by atoms with E-state index in [-0.39, 0.29) is 11.7 Å². The van der Waals surface area contributed by atoms with Gasteiger partial charge in [-0.15, -0.1) is 5.10 Å². The van der Waals surface area contributed by atoms with Crippen LogP contribution in [0.25, 0.3) is 11.0 Å². The predicted octanol–water partition coefficient (Wildman–Crippen LogP) is 4.17. The van der Waals surface area contributed by atoms with Gasteiger partial charge in [0.2, 0.25) is 0 Å². The zero-order chi connectivity index (χ0) is 16.6. The average Bonchev–Trinajstić information content (AvgIpc) is 2.93. The monoisotopic (exact) mass is 376 g/mol. The number of hydrogen-bond donors (Lipinski definition) is 1. The second-order valence-electron chi connectivity index (χ2n) is 5.41. The molecule has 3 aromatic rings. The minimum absolute atomic E-state index is 0.129. The molecule has 0 fully saturated rings. The molecule has 0 aliphatic rings. The lowest BCUT2D eigenvalue weighted by molar-refractivity contribution is 0.102. The van der Waals surface area contributed by atoms with Crippen LogP contribution in [-0.4, -0.2) is 20.9 Å². The molecular formula is C16H14BrFN4O. The van der Waals surface area contributed by atoms with Gasteiger partial charge in [0.25, 0.3) is 5.91 Å². The molecule has 1 amide bonds. The minimum Gasteiger partial charge on any atom is -0.319 e. The Kier molecular flexibility index (Phi) is 4.12. The molecule has 23 heavy (non-hydrogen) atoms. The quantitative estimate of drug-likeness (QED) is 0.746. The normalized spacial score (nSPS) is 11.2. The number of aromatic nitrogens is 3. The zero-order valence-corrected chi connectivity index (χ0v) is 14.1. The molecule has 0 saturated carbocycles. The summed E-state index contributed by atoms with van der Waals surface area (Å²) in [5, 5.41) is 10.7. The number of fused-ring (bicyclic) bond motifs is 1. The molecule has 118 valence electrons. The number of carbonyl (C=O) groups excluding carboxylic acids is 1. The number of nitrogens with zero attached hydrogens (tertiary/aromatic N) is 3. The number of halogens is 2. The van der Waals surface area contributed by atoms with Crippen molar-refractivity contribution in [2.45, 2.75) is 19.9 Å². The zero-order valence-electron chi connectivity index (χ0n) is 12.5. The van der Waals surface area contributed by atoms with Crippen LogP contribution in [0.2, 0.25) is 0 Å². The maximum Gasteiger partial charge on any atom is 0.255 e. The van der Waals surface area contributed by atoms with E-state index in [2.05, 4.69) is 31.6 Å². The highest BCUT2D eigenvalue weighted by Gasteiger charge is 2.13. The molecule has 2 aromatic carbocycles. The summed E-state index contributed by atoms with van der Waals surface area (Å²) in [4.78, 5) is 12.3. The van der Waals surface area contributed by atoms with E-state index in [0.717, 1.165) is 5.52 Å². The van der Waals surface area contributed by atoms with E-state index in [1.165, 1.54) is 12.1 Å². The highest BCUT2D eigenvalue weighted by Crippen LogP contribution is 2.21. The summed E-state index contributed by atoms with van der Waals surface area (Å²) < 4.78 is 16.2. The molecule has 0 unspecified atom stereocenters. The van der Waals surface area contributed by atoms with Gasteiger partial charge in [-0.3, -0.25) is 4.79 Å². The van der Waals surface area contributed by atoms with E-state index in [0.29, 0.717) is 15.6 Å².